The van der Waals surface area contributed by atoms with Gasteiger partial charge >= 0.3 is 0 Å². The van der Waals surface area contributed by atoms with Gasteiger partial charge in [0.2, 0.25) is 5.91 Å². The largest absolute Gasteiger partial charge is 0.389 e. The first-order valence-electron chi connectivity index (χ1n) is 4.78. The Kier molecular flexibility index (Phi) is 4.59. The molecule has 1 aromatic rings. The molecule has 1 atom stereocenters. The number of carbonyl (C=O) groups is 1. The molecule has 1 rings (SSSR count). The molecule has 1 aromatic carbocycles. The van der Waals surface area contributed by atoms with E-state index >= 15 is 0 Å². The first-order valence-corrected chi connectivity index (χ1v) is 5.31. The highest BCUT2D eigenvalue weighted by molar-refractivity contribution is 6.19. The maximum atomic E-state index is 11.3. The van der Waals surface area contributed by atoms with Crippen LogP contribution in [0.15, 0.2) is 24.3 Å². The second-order valence-electron chi connectivity index (χ2n) is 3.25. The van der Waals surface area contributed by atoms with Crippen LogP contribution < -0.4 is 5.32 Å². The molecule has 0 fully saturated rings. The van der Waals surface area contributed by atoms with Crippen molar-refractivity contribution in [2.45, 2.75) is 19.4 Å². The summed E-state index contributed by atoms with van der Waals surface area (Å²) in [7, 11) is 0. The van der Waals surface area contributed by atoms with Crippen LogP contribution in [0.3, 0.4) is 0 Å². The van der Waals surface area contributed by atoms with Crippen LogP contribution >= 0.6 is 11.6 Å². The van der Waals surface area contributed by atoms with Gasteiger partial charge in [-0.25, -0.2) is 0 Å². The summed E-state index contributed by atoms with van der Waals surface area (Å²) in [6.07, 6.45) is -0.326. The van der Waals surface area contributed by atoms with Crippen molar-refractivity contribution in [3.63, 3.8) is 0 Å². The van der Waals surface area contributed by atoms with E-state index in [1.165, 1.54) is 0 Å². The molecule has 0 heterocycles. The number of benzene rings is 1. The standard InChI is InChI=1S/C11H14ClNO2/c1-8(14)9-4-2-3-5-10(9)13-11(15)6-7-12/h2-5,8,14H,6-7H2,1H3,(H,13,15). The summed E-state index contributed by atoms with van der Waals surface area (Å²) in [5.74, 6) is 0.154. The third-order valence-electron chi connectivity index (χ3n) is 2.01. The van der Waals surface area contributed by atoms with Gasteiger partial charge in [0.15, 0.2) is 0 Å². The maximum absolute atomic E-state index is 11.3. The highest BCUT2D eigenvalue weighted by Gasteiger charge is 2.09. The van der Waals surface area contributed by atoms with Crippen molar-refractivity contribution in [1.82, 2.24) is 0 Å². The van der Waals surface area contributed by atoms with Crippen molar-refractivity contribution in [3.8, 4) is 0 Å². The Morgan fingerprint density at radius 3 is 2.80 bits per heavy atom. The lowest BCUT2D eigenvalue weighted by Gasteiger charge is -2.12. The average molecular weight is 228 g/mol. The summed E-state index contributed by atoms with van der Waals surface area (Å²) in [6.45, 7) is 1.66. The Balaban J connectivity index is 2.80. The molecule has 0 aliphatic carbocycles. The summed E-state index contributed by atoms with van der Waals surface area (Å²) in [4.78, 5) is 11.3. The third-order valence-corrected chi connectivity index (χ3v) is 2.20. The Bertz CT molecular complexity index is 339. The van der Waals surface area contributed by atoms with Gasteiger partial charge < -0.3 is 10.4 Å². The first-order chi connectivity index (χ1) is 7.15. The quantitative estimate of drug-likeness (QED) is 0.776. The summed E-state index contributed by atoms with van der Waals surface area (Å²) in [5, 5.41) is 12.2. The van der Waals surface area contributed by atoms with E-state index < -0.39 is 6.10 Å². The molecular weight excluding hydrogens is 214 g/mol. The van der Waals surface area contributed by atoms with Gasteiger partial charge in [0.05, 0.1) is 6.10 Å². The Morgan fingerprint density at radius 2 is 2.20 bits per heavy atom. The van der Waals surface area contributed by atoms with Crippen LogP contribution in [0.1, 0.15) is 25.0 Å². The Hall–Kier alpha value is -1.06. The van der Waals surface area contributed by atoms with Crippen molar-refractivity contribution in [3.05, 3.63) is 29.8 Å². The molecule has 1 unspecified atom stereocenters. The monoisotopic (exact) mass is 227 g/mol. The number of hydrogen-bond donors (Lipinski definition) is 2. The van der Waals surface area contributed by atoms with Crippen molar-refractivity contribution in [1.29, 1.82) is 0 Å². The smallest absolute Gasteiger partial charge is 0.225 e. The topological polar surface area (TPSA) is 49.3 Å². The third kappa shape index (κ3) is 3.53. The van der Waals surface area contributed by atoms with E-state index in [9.17, 15) is 9.90 Å². The number of aliphatic hydroxyl groups excluding tert-OH is 1. The fourth-order valence-corrected chi connectivity index (χ4v) is 1.45. The molecule has 2 N–H and O–H groups in total. The number of hydrogen-bond acceptors (Lipinski definition) is 2. The minimum absolute atomic E-state index is 0.141. The van der Waals surface area contributed by atoms with Gasteiger partial charge in [-0.3, -0.25) is 4.79 Å². The second kappa shape index (κ2) is 5.73. The SMILES string of the molecule is CC(O)c1ccccc1NC(=O)CCCl. The molecule has 0 radical (unpaired) electrons. The number of nitrogens with one attached hydrogen (secondary N) is 1. The Labute approximate surface area is 94.1 Å². The van der Waals surface area contributed by atoms with E-state index in [-0.39, 0.29) is 12.3 Å². The van der Waals surface area contributed by atoms with Gasteiger partial charge in [0, 0.05) is 23.6 Å². The molecule has 0 aliphatic rings. The first kappa shape index (κ1) is 12.0. The average Bonchev–Trinajstić information content (AvgIpc) is 2.18. The van der Waals surface area contributed by atoms with E-state index in [4.69, 9.17) is 11.6 Å². The molecule has 15 heavy (non-hydrogen) atoms. The lowest BCUT2D eigenvalue weighted by atomic mass is 10.1. The van der Waals surface area contributed by atoms with E-state index in [0.29, 0.717) is 17.1 Å². The number of anilines is 1. The minimum Gasteiger partial charge on any atom is -0.389 e. The van der Waals surface area contributed by atoms with Crippen molar-refractivity contribution in [2.75, 3.05) is 11.2 Å². The van der Waals surface area contributed by atoms with E-state index in [0.717, 1.165) is 0 Å². The lowest BCUT2D eigenvalue weighted by Crippen LogP contribution is -2.13. The van der Waals surface area contributed by atoms with E-state index in [2.05, 4.69) is 5.32 Å². The second-order valence-corrected chi connectivity index (χ2v) is 3.63. The van der Waals surface area contributed by atoms with Gasteiger partial charge in [-0.05, 0) is 13.0 Å². The molecule has 0 bridgehead atoms. The van der Waals surface area contributed by atoms with Crippen LogP contribution in [0, 0.1) is 0 Å². The summed E-state index contributed by atoms with van der Waals surface area (Å²) in [6, 6.07) is 7.16. The molecular formula is C11H14ClNO2. The molecule has 0 aromatic heterocycles. The number of rotatable bonds is 4. The molecule has 0 aliphatic heterocycles. The highest BCUT2D eigenvalue weighted by atomic mass is 35.5. The molecule has 3 nitrogen and oxygen atoms in total. The number of amides is 1. The van der Waals surface area contributed by atoms with Crippen LogP contribution in [0.5, 0.6) is 0 Å². The van der Waals surface area contributed by atoms with Gasteiger partial charge in [-0.15, -0.1) is 11.6 Å². The van der Waals surface area contributed by atoms with Gasteiger partial charge in [0.1, 0.15) is 0 Å². The van der Waals surface area contributed by atoms with E-state index in [1.54, 1.807) is 19.1 Å². The van der Waals surface area contributed by atoms with Crippen molar-refractivity contribution < 1.29 is 9.90 Å². The minimum atomic E-state index is -0.600. The summed E-state index contributed by atoms with van der Waals surface area (Å²) >= 11 is 5.45. The van der Waals surface area contributed by atoms with Gasteiger partial charge in [0.25, 0.3) is 0 Å². The number of aliphatic hydroxyl groups is 1. The normalized spacial score (nSPS) is 12.2. The van der Waals surface area contributed by atoms with Crippen LogP contribution in [-0.2, 0) is 4.79 Å². The Morgan fingerprint density at radius 1 is 1.53 bits per heavy atom. The fraction of sp³-hybridized carbons (Fsp3) is 0.364. The number of carbonyl (C=O) groups excluding carboxylic acids is 1. The molecule has 4 heteroatoms. The molecule has 0 saturated heterocycles. The highest BCUT2D eigenvalue weighted by Crippen LogP contribution is 2.22. The lowest BCUT2D eigenvalue weighted by molar-refractivity contribution is -0.115. The summed E-state index contributed by atoms with van der Waals surface area (Å²) < 4.78 is 0. The summed E-state index contributed by atoms with van der Waals surface area (Å²) in [5.41, 5.74) is 1.35. The number of halogens is 1. The molecule has 82 valence electrons. The van der Waals surface area contributed by atoms with Gasteiger partial charge in [-0.1, -0.05) is 18.2 Å². The molecule has 0 spiro atoms. The molecule has 1 amide bonds. The zero-order valence-corrected chi connectivity index (χ0v) is 9.29. The zero-order valence-electron chi connectivity index (χ0n) is 8.53. The number of alkyl halides is 1. The number of para-hydroxylation sites is 1. The van der Waals surface area contributed by atoms with Crippen LogP contribution in [-0.4, -0.2) is 16.9 Å². The maximum Gasteiger partial charge on any atom is 0.225 e. The molecule has 0 saturated carbocycles. The zero-order chi connectivity index (χ0) is 11.3. The van der Waals surface area contributed by atoms with Crippen molar-refractivity contribution >= 4 is 23.2 Å². The predicted octanol–water partition coefficient (Wildman–Crippen LogP) is 2.31. The van der Waals surface area contributed by atoms with Crippen LogP contribution in [0.25, 0.3) is 0 Å². The van der Waals surface area contributed by atoms with Crippen LogP contribution in [0.2, 0.25) is 0 Å². The van der Waals surface area contributed by atoms with Gasteiger partial charge in [-0.2, -0.15) is 0 Å². The van der Waals surface area contributed by atoms with Crippen molar-refractivity contribution in [2.24, 2.45) is 0 Å². The predicted molar refractivity (Wildman–Crippen MR) is 61.0 cm³/mol. The van der Waals surface area contributed by atoms with Crippen LogP contribution in [0.4, 0.5) is 5.69 Å². The fourth-order valence-electron chi connectivity index (χ4n) is 1.27. The van der Waals surface area contributed by atoms with E-state index in [1.807, 2.05) is 12.1 Å².